The van der Waals surface area contributed by atoms with Crippen molar-refractivity contribution in [2.24, 2.45) is 5.10 Å². The Kier molecular flexibility index (Phi) is 4.75. The molecule has 22 heavy (non-hydrogen) atoms. The molecule has 1 N–H and O–H groups in total. The van der Waals surface area contributed by atoms with Crippen LogP contribution in [-0.4, -0.2) is 10.7 Å². The van der Waals surface area contributed by atoms with E-state index in [1.54, 1.807) is 12.1 Å². The van der Waals surface area contributed by atoms with Crippen LogP contribution in [0.3, 0.4) is 0 Å². The van der Waals surface area contributed by atoms with E-state index < -0.39 is 11.7 Å². The summed E-state index contributed by atoms with van der Waals surface area (Å²) in [4.78, 5) is 3.66. The minimum Gasteiger partial charge on any atom is -0.261 e. The molecule has 0 saturated heterocycles. The Morgan fingerprint density at radius 2 is 1.82 bits per heavy atom. The Morgan fingerprint density at radius 1 is 1.14 bits per heavy atom. The van der Waals surface area contributed by atoms with Crippen LogP contribution in [0.4, 0.5) is 23.4 Å². The van der Waals surface area contributed by atoms with Gasteiger partial charge in [-0.25, -0.2) is 9.37 Å². The molecule has 0 unspecified atom stereocenters. The molecule has 3 nitrogen and oxygen atoms in total. The van der Waals surface area contributed by atoms with Gasteiger partial charge in [-0.2, -0.15) is 18.3 Å². The highest BCUT2D eigenvalue weighted by Crippen LogP contribution is 2.28. The van der Waals surface area contributed by atoms with Crippen molar-refractivity contribution in [3.63, 3.8) is 0 Å². The van der Waals surface area contributed by atoms with E-state index in [0.29, 0.717) is 12.1 Å². The summed E-state index contributed by atoms with van der Waals surface area (Å²) in [5, 5.41) is 4.10. The van der Waals surface area contributed by atoms with Gasteiger partial charge >= 0.3 is 6.18 Å². The van der Waals surface area contributed by atoms with E-state index in [1.165, 1.54) is 18.2 Å². The number of hydrogen-bond donors (Lipinski definition) is 1. The fraction of sp³-hybridized carbons (Fsp3) is 0.200. The maximum Gasteiger partial charge on any atom is 0.417 e. The molecule has 0 spiro atoms. The quantitative estimate of drug-likeness (QED) is 0.514. The first kappa shape index (κ1) is 15.9. The lowest BCUT2D eigenvalue weighted by Gasteiger charge is -2.08. The van der Waals surface area contributed by atoms with Crippen LogP contribution in [0, 0.1) is 5.82 Å². The number of nitrogens with zero attached hydrogens (tertiary/aromatic N) is 2. The standard InChI is InChI=1S/C15H13F4N3/c1-2-13(10-3-6-12(16)7-4-10)21-22-14-8-5-11(9-20-14)15(17,18)19/h3-9H,2H2,1H3,(H,20,22)/b21-13-. The van der Waals surface area contributed by atoms with E-state index in [-0.39, 0.29) is 11.6 Å². The predicted octanol–water partition coefficient (Wildman–Crippen LogP) is 4.47. The third kappa shape index (κ3) is 4.03. The highest BCUT2D eigenvalue weighted by Gasteiger charge is 2.30. The average molecular weight is 311 g/mol. The van der Waals surface area contributed by atoms with Crippen molar-refractivity contribution in [3.05, 3.63) is 59.5 Å². The van der Waals surface area contributed by atoms with Gasteiger partial charge in [-0.1, -0.05) is 19.1 Å². The van der Waals surface area contributed by atoms with Crippen LogP contribution < -0.4 is 5.43 Å². The molecule has 1 heterocycles. The van der Waals surface area contributed by atoms with Gasteiger partial charge in [0.25, 0.3) is 0 Å². The SMILES string of the molecule is CC/C(=N/Nc1ccc(C(F)(F)F)cn1)c1ccc(F)cc1. The van der Waals surface area contributed by atoms with Crippen LogP contribution >= 0.6 is 0 Å². The zero-order chi connectivity index (χ0) is 16.2. The van der Waals surface area contributed by atoms with Crippen LogP contribution in [0.5, 0.6) is 0 Å². The minimum atomic E-state index is -4.42. The van der Waals surface area contributed by atoms with Crippen molar-refractivity contribution < 1.29 is 17.6 Å². The number of benzene rings is 1. The summed E-state index contributed by atoms with van der Waals surface area (Å²) in [5.41, 5.74) is 3.15. The van der Waals surface area contributed by atoms with E-state index in [1.807, 2.05) is 6.92 Å². The minimum absolute atomic E-state index is 0.195. The Bertz CT molecular complexity index is 646. The lowest BCUT2D eigenvalue weighted by atomic mass is 10.1. The van der Waals surface area contributed by atoms with E-state index in [4.69, 9.17) is 0 Å². The van der Waals surface area contributed by atoms with Gasteiger partial charge < -0.3 is 0 Å². The topological polar surface area (TPSA) is 37.3 Å². The van der Waals surface area contributed by atoms with Gasteiger partial charge in [-0.15, -0.1) is 0 Å². The summed E-state index contributed by atoms with van der Waals surface area (Å²) in [5.74, 6) is -0.155. The number of anilines is 1. The third-order valence-corrected chi connectivity index (χ3v) is 2.91. The van der Waals surface area contributed by atoms with E-state index >= 15 is 0 Å². The molecule has 0 bridgehead atoms. The van der Waals surface area contributed by atoms with E-state index in [2.05, 4.69) is 15.5 Å². The van der Waals surface area contributed by atoms with Crippen LogP contribution in [0.25, 0.3) is 0 Å². The Hall–Kier alpha value is -2.44. The second kappa shape index (κ2) is 6.55. The third-order valence-electron chi connectivity index (χ3n) is 2.91. The number of hydrogen-bond acceptors (Lipinski definition) is 3. The Morgan fingerprint density at radius 3 is 2.32 bits per heavy atom. The maximum atomic E-state index is 12.9. The first-order valence-electron chi connectivity index (χ1n) is 6.52. The Labute approximate surface area is 124 Å². The summed E-state index contributed by atoms with van der Waals surface area (Å²) in [6.45, 7) is 1.87. The molecule has 0 aliphatic carbocycles. The molecule has 116 valence electrons. The van der Waals surface area contributed by atoms with Gasteiger partial charge in [0, 0.05) is 6.20 Å². The number of alkyl halides is 3. The number of nitrogens with one attached hydrogen (secondary N) is 1. The maximum absolute atomic E-state index is 12.9. The molecule has 0 fully saturated rings. The number of pyridine rings is 1. The fourth-order valence-electron chi connectivity index (χ4n) is 1.74. The van der Waals surface area contributed by atoms with Crippen LogP contribution in [0.2, 0.25) is 0 Å². The normalized spacial score (nSPS) is 12.3. The molecule has 0 radical (unpaired) electrons. The van der Waals surface area contributed by atoms with Gasteiger partial charge in [0.15, 0.2) is 0 Å². The summed E-state index contributed by atoms with van der Waals surface area (Å²) in [6, 6.07) is 7.92. The molecule has 1 aromatic heterocycles. The van der Waals surface area contributed by atoms with Crippen LogP contribution in [0.1, 0.15) is 24.5 Å². The molecular weight excluding hydrogens is 298 g/mol. The van der Waals surface area contributed by atoms with E-state index in [9.17, 15) is 17.6 Å². The summed E-state index contributed by atoms with van der Waals surface area (Å²) in [7, 11) is 0. The van der Waals surface area contributed by atoms with Gasteiger partial charge in [-0.05, 0) is 36.2 Å². The highest BCUT2D eigenvalue weighted by atomic mass is 19.4. The van der Waals surface area contributed by atoms with Gasteiger partial charge in [0.05, 0.1) is 11.3 Å². The molecule has 0 atom stereocenters. The second-order valence-corrected chi connectivity index (χ2v) is 4.46. The highest BCUT2D eigenvalue weighted by molar-refractivity contribution is 6.00. The molecular formula is C15H13F4N3. The van der Waals surface area contributed by atoms with Crippen molar-refractivity contribution >= 4 is 11.5 Å². The first-order valence-corrected chi connectivity index (χ1v) is 6.52. The largest absolute Gasteiger partial charge is 0.417 e. The summed E-state index contributed by atoms with van der Waals surface area (Å²) in [6.07, 6.45) is -3.11. The van der Waals surface area contributed by atoms with Crippen molar-refractivity contribution in [1.82, 2.24) is 4.98 Å². The summed E-state index contributed by atoms with van der Waals surface area (Å²) >= 11 is 0. The molecule has 0 aliphatic rings. The van der Waals surface area contributed by atoms with Gasteiger partial charge in [0.2, 0.25) is 0 Å². The number of hydrazone groups is 1. The zero-order valence-electron chi connectivity index (χ0n) is 11.7. The number of rotatable bonds is 4. The molecule has 1 aromatic carbocycles. The lowest BCUT2D eigenvalue weighted by molar-refractivity contribution is -0.137. The second-order valence-electron chi connectivity index (χ2n) is 4.46. The van der Waals surface area contributed by atoms with Gasteiger partial charge in [0.1, 0.15) is 11.6 Å². The average Bonchev–Trinajstić information content (AvgIpc) is 2.49. The van der Waals surface area contributed by atoms with Crippen molar-refractivity contribution in [1.29, 1.82) is 0 Å². The molecule has 0 aliphatic heterocycles. The Balaban J connectivity index is 2.13. The van der Waals surface area contributed by atoms with E-state index in [0.717, 1.165) is 17.8 Å². The first-order chi connectivity index (χ1) is 10.4. The molecule has 2 rings (SSSR count). The molecule has 0 amide bonds. The number of halogens is 4. The van der Waals surface area contributed by atoms with Crippen molar-refractivity contribution in [2.75, 3.05) is 5.43 Å². The summed E-state index contributed by atoms with van der Waals surface area (Å²) < 4.78 is 50.2. The zero-order valence-corrected chi connectivity index (χ0v) is 11.7. The monoisotopic (exact) mass is 311 g/mol. The molecule has 2 aromatic rings. The number of aromatic nitrogens is 1. The van der Waals surface area contributed by atoms with Crippen molar-refractivity contribution in [2.45, 2.75) is 19.5 Å². The predicted molar refractivity (Wildman–Crippen MR) is 76.1 cm³/mol. The van der Waals surface area contributed by atoms with Crippen molar-refractivity contribution in [3.8, 4) is 0 Å². The van der Waals surface area contributed by atoms with Gasteiger partial charge in [-0.3, -0.25) is 5.43 Å². The lowest BCUT2D eigenvalue weighted by Crippen LogP contribution is -2.07. The molecule has 0 saturated carbocycles. The van der Waals surface area contributed by atoms with Crippen LogP contribution in [0.15, 0.2) is 47.7 Å². The smallest absolute Gasteiger partial charge is 0.261 e. The van der Waals surface area contributed by atoms with Crippen LogP contribution in [-0.2, 0) is 6.18 Å². The fourth-order valence-corrected chi connectivity index (χ4v) is 1.74. The molecule has 7 heteroatoms.